The number of benzene rings is 1. The fourth-order valence-corrected chi connectivity index (χ4v) is 1.88. The molecule has 0 spiro atoms. The molecule has 128 valence electrons. The Hall–Kier alpha value is -1.99. The molecule has 0 aliphatic heterocycles. The number of ether oxygens (including phenoxy) is 1. The van der Waals surface area contributed by atoms with Gasteiger partial charge in [-0.2, -0.15) is 4.99 Å². The van der Waals surface area contributed by atoms with E-state index in [1.165, 1.54) is 0 Å². The van der Waals surface area contributed by atoms with E-state index in [-0.39, 0.29) is 12.4 Å². The highest BCUT2D eigenvalue weighted by molar-refractivity contribution is 6.36. The summed E-state index contributed by atoms with van der Waals surface area (Å²) >= 11 is 11.7. The number of aliphatic imine (C=N–C) groups is 1. The zero-order chi connectivity index (χ0) is 17.8. The Morgan fingerprint density at radius 1 is 1.17 bits per heavy atom. The molecule has 0 bridgehead atoms. The number of nitrogens with zero attached hydrogens (tertiary/aromatic N) is 1. The fraction of sp³-hybridized carbons (Fsp3) is 0.357. The van der Waals surface area contributed by atoms with Crippen molar-refractivity contribution in [2.24, 2.45) is 22.2 Å². The maximum Gasteiger partial charge on any atom is 0.404 e. The Morgan fingerprint density at radius 2 is 1.74 bits per heavy atom. The van der Waals surface area contributed by atoms with Crippen LogP contribution in [0.3, 0.4) is 0 Å². The van der Waals surface area contributed by atoms with Gasteiger partial charge < -0.3 is 21.9 Å². The van der Waals surface area contributed by atoms with E-state index in [4.69, 9.17) is 34.7 Å². The third-order valence-electron chi connectivity index (χ3n) is 2.39. The summed E-state index contributed by atoms with van der Waals surface area (Å²) in [6.45, 7) is 2.47. The van der Waals surface area contributed by atoms with Crippen molar-refractivity contribution in [1.82, 2.24) is 0 Å². The molecule has 7 nitrogen and oxygen atoms in total. The summed E-state index contributed by atoms with van der Waals surface area (Å²) in [5, 5.41) is 0.836. The molecule has 23 heavy (non-hydrogen) atoms. The number of carbonyl (C=O) groups excluding carboxylic acids is 2. The number of rotatable bonds is 5. The number of amides is 2. The van der Waals surface area contributed by atoms with Gasteiger partial charge in [0.1, 0.15) is 0 Å². The summed E-state index contributed by atoms with van der Waals surface area (Å²) in [6.07, 6.45) is 1.21. The van der Waals surface area contributed by atoms with Crippen LogP contribution >= 0.6 is 23.2 Å². The molecule has 9 heteroatoms. The van der Waals surface area contributed by atoms with Crippen LogP contribution in [-0.2, 0) is 16.0 Å². The van der Waals surface area contributed by atoms with Gasteiger partial charge in [-0.1, -0.05) is 42.6 Å². The van der Waals surface area contributed by atoms with Crippen molar-refractivity contribution >= 4 is 41.2 Å². The molecule has 0 atom stereocenters. The van der Waals surface area contributed by atoms with Crippen molar-refractivity contribution in [3.05, 3.63) is 33.8 Å². The second-order valence-electron chi connectivity index (χ2n) is 4.33. The van der Waals surface area contributed by atoms with Crippen molar-refractivity contribution in [2.75, 3.05) is 6.61 Å². The molecule has 1 rings (SSSR count). The molecule has 0 fully saturated rings. The Labute approximate surface area is 144 Å². The topological polar surface area (TPSA) is 134 Å². The molecule has 0 aromatic heterocycles. The molecule has 0 aliphatic rings. The molecular weight excluding hydrogens is 343 g/mol. The average molecular weight is 363 g/mol. The summed E-state index contributed by atoms with van der Waals surface area (Å²) in [7, 11) is 0. The molecule has 1 aromatic carbocycles. The Bertz CT molecular complexity index is 541. The monoisotopic (exact) mass is 362 g/mol. The van der Waals surface area contributed by atoms with E-state index >= 15 is 0 Å². The first-order valence-corrected chi connectivity index (χ1v) is 7.51. The molecule has 1 aromatic rings. The van der Waals surface area contributed by atoms with Gasteiger partial charge in [0.2, 0.25) is 0 Å². The molecule has 0 heterocycles. The van der Waals surface area contributed by atoms with Gasteiger partial charge in [0, 0.05) is 10.0 Å². The zero-order valence-corrected chi connectivity index (χ0v) is 14.2. The Morgan fingerprint density at radius 3 is 2.17 bits per heavy atom. The number of hydrogen-bond donors (Lipinski definition) is 3. The van der Waals surface area contributed by atoms with Crippen molar-refractivity contribution in [3.63, 3.8) is 0 Å². The average Bonchev–Trinajstić information content (AvgIpc) is 2.43. The van der Waals surface area contributed by atoms with Gasteiger partial charge in [0.15, 0.2) is 5.96 Å². The van der Waals surface area contributed by atoms with Gasteiger partial charge in [-0.25, -0.2) is 4.79 Å². The first-order chi connectivity index (χ1) is 10.8. The highest BCUT2D eigenvalue weighted by atomic mass is 35.5. The molecule has 6 N–H and O–H groups in total. The lowest BCUT2D eigenvalue weighted by Crippen LogP contribution is -2.24. The lowest BCUT2D eigenvalue weighted by Gasteiger charge is -2.03. The standard InChI is InChI=1S/C9H9Cl2N3O.C5H11NO2/c10-6-2-1-3-7(11)5(6)4-8(15)14-9(12)13;1-2-3-4-8-5(6)7/h1-3H,4H2,(H4,12,13,14,15);2-4H2,1H3,(H2,6,7). The summed E-state index contributed by atoms with van der Waals surface area (Å²) in [4.78, 5) is 24.5. The summed E-state index contributed by atoms with van der Waals surface area (Å²) in [6, 6.07) is 4.98. The van der Waals surface area contributed by atoms with E-state index in [9.17, 15) is 9.59 Å². The SMILES string of the molecule is CCCCOC(N)=O.NC(N)=NC(=O)Cc1c(Cl)cccc1Cl. The van der Waals surface area contributed by atoms with E-state index < -0.39 is 12.0 Å². The van der Waals surface area contributed by atoms with Gasteiger partial charge in [0.25, 0.3) is 5.91 Å². The first-order valence-electron chi connectivity index (χ1n) is 6.75. The lowest BCUT2D eigenvalue weighted by molar-refractivity contribution is -0.117. The summed E-state index contributed by atoms with van der Waals surface area (Å²) in [5.74, 6) is -0.756. The Kier molecular flexibility index (Phi) is 10.6. The minimum absolute atomic E-state index is 0.0175. The second kappa shape index (κ2) is 11.6. The number of guanidine groups is 1. The largest absolute Gasteiger partial charge is 0.450 e. The first kappa shape index (κ1) is 21.0. The quantitative estimate of drug-likeness (QED) is 0.419. The van der Waals surface area contributed by atoms with Gasteiger partial charge in [0.05, 0.1) is 13.0 Å². The van der Waals surface area contributed by atoms with E-state index in [2.05, 4.69) is 15.5 Å². The molecule has 2 amide bonds. The van der Waals surface area contributed by atoms with E-state index in [1.807, 2.05) is 6.92 Å². The molecule has 0 aliphatic carbocycles. The molecular formula is C14H20Cl2N4O3. The summed E-state index contributed by atoms with van der Waals surface area (Å²) < 4.78 is 4.42. The molecule has 0 saturated heterocycles. The van der Waals surface area contributed by atoms with Crippen LogP contribution in [0, 0.1) is 0 Å². The van der Waals surface area contributed by atoms with Crippen LogP contribution in [0.2, 0.25) is 10.0 Å². The molecule has 0 radical (unpaired) electrons. The molecule has 0 saturated carbocycles. The fourth-order valence-electron chi connectivity index (χ4n) is 1.35. The number of unbranched alkanes of at least 4 members (excludes halogenated alkanes) is 1. The normalized spacial score (nSPS) is 9.35. The van der Waals surface area contributed by atoms with E-state index in [0.29, 0.717) is 22.2 Å². The highest BCUT2D eigenvalue weighted by Crippen LogP contribution is 2.24. The maximum atomic E-state index is 11.3. The van der Waals surface area contributed by atoms with Crippen LogP contribution in [0.4, 0.5) is 4.79 Å². The zero-order valence-electron chi connectivity index (χ0n) is 12.7. The van der Waals surface area contributed by atoms with Crippen LogP contribution in [0.5, 0.6) is 0 Å². The Balaban J connectivity index is 0.000000515. The summed E-state index contributed by atoms with van der Waals surface area (Å²) in [5.41, 5.74) is 15.3. The van der Waals surface area contributed by atoms with E-state index in [1.54, 1.807) is 18.2 Å². The van der Waals surface area contributed by atoms with Crippen molar-refractivity contribution < 1.29 is 14.3 Å². The van der Waals surface area contributed by atoms with Crippen molar-refractivity contribution in [2.45, 2.75) is 26.2 Å². The van der Waals surface area contributed by atoms with Gasteiger partial charge in [-0.05, 0) is 24.1 Å². The van der Waals surface area contributed by atoms with Crippen LogP contribution in [-0.4, -0.2) is 24.6 Å². The van der Waals surface area contributed by atoms with Crippen LogP contribution in [0.25, 0.3) is 0 Å². The van der Waals surface area contributed by atoms with Crippen LogP contribution < -0.4 is 17.2 Å². The smallest absolute Gasteiger partial charge is 0.404 e. The van der Waals surface area contributed by atoms with Gasteiger partial charge in [-0.3, -0.25) is 4.79 Å². The predicted molar refractivity (Wildman–Crippen MR) is 91.4 cm³/mol. The van der Waals surface area contributed by atoms with Crippen molar-refractivity contribution in [3.8, 4) is 0 Å². The number of carbonyl (C=O) groups is 2. The van der Waals surface area contributed by atoms with Crippen LogP contribution in [0.1, 0.15) is 25.3 Å². The second-order valence-corrected chi connectivity index (χ2v) is 5.14. The van der Waals surface area contributed by atoms with Crippen molar-refractivity contribution in [1.29, 1.82) is 0 Å². The minimum atomic E-state index is -0.682. The van der Waals surface area contributed by atoms with Gasteiger partial charge in [-0.15, -0.1) is 0 Å². The maximum absolute atomic E-state index is 11.3. The third kappa shape index (κ3) is 10.4. The molecule has 0 unspecified atom stereocenters. The van der Waals surface area contributed by atoms with Gasteiger partial charge >= 0.3 is 6.09 Å². The highest BCUT2D eigenvalue weighted by Gasteiger charge is 2.09. The lowest BCUT2D eigenvalue weighted by atomic mass is 10.1. The number of hydrogen-bond acceptors (Lipinski definition) is 3. The number of halogens is 2. The number of nitrogens with two attached hydrogens (primary N) is 3. The van der Waals surface area contributed by atoms with Crippen LogP contribution in [0.15, 0.2) is 23.2 Å². The third-order valence-corrected chi connectivity index (χ3v) is 3.09. The predicted octanol–water partition coefficient (Wildman–Crippen LogP) is 2.22. The van der Waals surface area contributed by atoms with E-state index in [0.717, 1.165) is 12.8 Å². The number of primary amides is 1. The minimum Gasteiger partial charge on any atom is -0.450 e.